The third-order valence-corrected chi connectivity index (χ3v) is 3.71. The van der Waals surface area contributed by atoms with Gasteiger partial charge in [0.1, 0.15) is 5.82 Å². The van der Waals surface area contributed by atoms with Crippen molar-refractivity contribution in [2.24, 2.45) is 0 Å². The van der Waals surface area contributed by atoms with Crippen molar-refractivity contribution in [2.75, 3.05) is 6.54 Å². The van der Waals surface area contributed by atoms with E-state index >= 15 is 0 Å². The maximum Gasteiger partial charge on any atom is 0.257 e. The second-order valence-electron chi connectivity index (χ2n) is 4.82. The van der Waals surface area contributed by atoms with Crippen LogP contribution in [0.4, 0.5) is 4.39 Å². The average Bonchev–Trinajstić information content (AvgIpc) is 2.56. The molecule has 1 aromatic carbocycles. The Labute approximate surface area is 112 Å². The van der Waals surface area contributed by atoms with Gasteiger partial charge in [-0.05, 0) is 38.0 Å². The molecule has 0 bridgehead atoms. The molecule has 1 amide bonds. The van der Waals surface area contributed by atoms with Gasteiger partial charge in [-0.3, -0.25) is 4.79 Å². The molecule has 1 unspecified atom stereocenters. The molecule has 1 saturated heterocycles. The normalized spacial score (nSPS) is 20.6. The number of hydrogen-bond donors (Lipinski definition) is 0. The van der Waals surface area contributed by atoms with Gasteiger partial charge in [-0.1, -0.05) is 24.4 Å². The molecule has 0 N–H and O–H groups in total. The zero-order valence-corrected chi connectivity index (χ0v) is 11.2. The average molecular weight is 270 g/mol. The van der Waals surface area contributed by atoms with Crippen LogP contribution in [0.1, 0.15) is 43.0 Å². The number of carbonyl (C=O) groups excluding carboxylic acids is 1. The molecule has 0 aliphatic carbocycles. The van der Waals surface area contributed by atoms with Crippen LogP contribution in [-0.4, -0.2) is 23.4 Å². The fourth-order valence-electron chi connectivity index (χ4n) is 2.39. The predicted octanol–water partition coefficient (Wildman–Crippen LogP) is 3.88. The van der Waals surface area contributed by atoms with E-state index in [1.165, 1.54) is 18.2 Å². The van der Waals surface area contributed by atoms with Crippen LogP contribution in [0.25, 0.3) is 0 Å². The predicted molar refractivity (Wildman–Crippen MR) is 70.4 cm³/mol. The summed E-state index contributed by atoms with van der Waals surface area (Å²) in [6.45, 7) is 2.72. The lowest BCUT2D eigenvalue weighted by Crippen LogP contribution is -2.38. The largest absolute Gasteiger partial charge is 0.336 e. The Bertz CT molecular complexity index is 449. The van der Waals surface area contributed by atoms with Crippen molar-refractivity contribution in [1.29, 1.82) is 0 Å². The summed E-state index contributed by atoms with van der Waals surface area (Å²) >= 11 is 5.83. The third-order valence-electron chi connectivity index (χ3n) is 3.47. The molecule has 1 heterocycles. The molecular weight excluding hydrogens is 253 g/mol. The molecule has 0 aromatic heterocycles. The molecule has 1 aliphatic rings. The van der Waals surface area contributed by atoms with E-state index in [2.05, 4.69) is 0 Å². The minimum absolute atomic E-state index is 0.0799. The van der Waals surface area contributed by atoms with Gasteiger partial charge in [0.15, 0.2) is 0 Å². The number of rotatable bonds is 1. The van der Waals surface area contributed by atoms with Gasteiger partial charge in [0, 0.05) is 17.6 Å². The van der Waals surface area contributed by atoms with Gasteiger partial charge >= 0.3 is 0 Å². The molecule has 4 heteroatoms. The SMILES string of the molecule is CC1CCCCCN1C(=O)c1cc(Cl)ccc1F. The summed E-state index contributed by atoms with van der Waals surface area (Å²) in [4.78, 5) is 14.1. The summed E-state index contributed by atoms with van der Waals surface area (Å²) in [6.07, 6.45) is 4.22. The highest BCUT2D eigenvalue weighted by atomic mass is 35.5. The summed E-state index contributed by atoms with van der Waals surface area (Å²) in [5, 5.41) is 0.391. The van der Waals surface area contributed by atoms with E-state index in [1.807, 2.05) is 6.92 Å². The van der Waals surface area contributed by atoms with E-state index in [4.69, 9.17) is 11.6 Å². The van der Waals surface area contributed by atoms with Crippen LogP contribution < -0.4 is 0 Å². The third kappa shape index (κ3) is 2.83. The molecule has 1 fully saturated rings. The first-order valence-corrected chi connectivity index (χ1v) is 6.73. The van der Waals surface area contributed by atoms with Crippen molar-refractivity contribution < 1.29 is 9.18 Å². The molecule has 0 spiro atoms. The number of benzene rings is 1. The number of likely N-dealkylation sites (tertiary alicyclic amines) is 1. The van der Waals surface area contributed by atoms with Crippen LogP contribution >= 0.6 is 11.6 Å². The molecule has 0 radical (unpaired) electrons. The maximum atomic E-state index is 13.7. The fourth-order valence-corrected chi connectivity index (χ4v) is 2.56. The summed E-state index contributed by atoms with van der Waals surface area (Å²) < 4.78 is 13.7. The Kier molecular flexibility index (Phi) is 4.23. The topological polar surface area (TPSA) is 20.3 Å². The van der Waals surface area contributed by atoms with Crippen LogP contribution in [0, 0.1) is 5.82 Å². The minimum atomic E-state index is -0.499. The van der Waals surface area contributed by atoms with E-state index in [-0.39, 0.29) is 17.5 Å². The van der Waals surface area contributed by atoms with Gasteiger partial charge in [0.05, 0.1) is 5.56 Å². The molecule has 1 aliphatic heterocycles. The number of carbonyl (C=O) groups is 1. The minimum Gasteiger partial charge on any atom is -0.336 e. The second-order valence-corrected chi connectivity index (χ2v) is 5.26. The molecule has 98 valence electrons. The summed E-state index contributed by atoms with van der Waals surface area (Å²) in [5.41, 5.74) is 0.0799. The Morgan fingerprint density at radius 3 is 2.94 bits per heavy atom. The number of nitrogens with zero attached hydrogens (tertiary/aromatic N) is 1. The lowest BCUT2D eigenvalue weighted by Gasteiger charge is -2.27. The number of hydrogen-bond acceptors (Lipinski definition) is 1. The highest BCUT2D eigenvalue weighted by Gasteiger charge is 2.25. The van der Waals surface area contributed by atoms with Crippen molar-refractivity contribution in [3.8, 4) is 0 Å². The quantitative estimate of drug-likeness (QED) is 0.758. The zero-order chi connectivity index (χ0) is 13.1. The summed E-state index contributed by atoms with van der Waals surface area (Å²) in [6, 6.07) is 4.28. The van der Waals surface area contributed by atoms with Gasteiger partial charge in [-0.25, -0.2) is 4.39 Å². The monoisotopic (exact) mass is 269 g/mol. The maximum absolute atomic E-state index is 13.7. The molecule has 1 atom stereocenters. The van der Waals surface area contributed by atoms with Gasteiger partial charge in [0.25, 0.3) is 5.91 Å². The van der Waals surface area contributed by atoms with Crippen LogP contribution in [0.5, 0.6) is 0 Å². The number of amides is 1. The molecule has 2 nitrogen and oxygen atoms in total. The Morgan fingerprint density at radius 1 is 1.39 bits per heavy atom. The Balaban J connectivity index is 2.26. The lowest BCUT2D eigenvalue weighted by molar-refractivity contribution is 0.0693. The highest BCUT2D eigenvalue weighted by Crippen LogP contribution is 2.22. The van der Waals surface area contributed by atoms with E-state index < -0.39 is 5.82 Å². The van der Waals surface area contributed by atoms with Gasteiger partial charge in [-0.2, -0.15) is 0 Å². The van der Waals surface area contributed by atoms with Gasteiger partial charge < -0.3 is 4.90 Å². The Hall–Kier alpha value is -1.09. The van der Waals surface area contributed by atoms with Crippen LogP contribution in [0.2, 0.25) is 5.02 Å². The second kappa shape index (κ2) is 5.70. The van der Waals surface area contributed by atoms with E-state index in [1.54, 1.807) is 4.90 Å². The summed E-state index contributed by atoms with van der Waals surface area (Å²) in [7, 11) is 0. The molecular formula is C14H17ClFNO. The van der Waals surface area contributed by atoms with E-state index in [9.17, 15) is 9.18 Å². The number of halogens is 2. The summed E-state index contributed by atoms with van der Waals surface area (Å²) in [5.74, 6) is -0.745. The van der Waals surface area contributed by atoms with Crippen molar-refractivity contribution in [3.05, 3.63) is 34.6 Å². The molecule has 0 saturated carbocycles. The first-order valence-electron chi connectivity index (χ1n) is 6.35. The Morgan fingerprint density at radius 2 is 2.17 bits per heavy atom. The smallest absolute Gasteiger partial charge is 0.257 e. The fraction of sp³-hybridized carbons (Fsp3) is 0.500. The molecule has 18 heavy (non-hydrogen) atoms. The van der Waals surface area contributed by atoms with Crippen LogP contribution in [0.15, 0.2) is 18.2 Å². The standard InChI is InChI=1S/C14H17ClFNO/c1-10-5-3-2-4-8-17(10)14(18)12-9-11(15)6-7-13(12)16/h6-7,9-10H,2-5,8H2,1H3. The van der Waals surface area contributed by atoms with Gasteiger partial charge in [-0.15, -0.1) is 0 Å². The van der Waals surface area contributed by atoms with Crippen molar-refractivity contribution >= 4 is 17.5 Å². The lowest BCUT2D eigenvalue weighted by atomic mass is 10.1. The van der Waals surface area contributed by atoms with Gasteiger partial charge in [0.2, 0.25) is 0 Å². The highest BCUT2D eigenvalue weighted by molar-refractivity contribution is 6.31. The van der Waals surface area contributed by atoms with Crippen LogP contribution in [-0.2, 0) is 0 Å². The van der Waals surface area contributed by atoms with Crippen LogP contribution in [0.3, 0.4) is 0 Å². The first kappa shape index (κ1) is 13.3. The first-order chi connectivity index (χ1) is 8.59. The van der Waals surface area contributed by atoms with Crippen molar-refractivity contribution in [3.63, 3.8) is 0 Å². The van der Waals surface area contributed by atoms with Crippen molar-refractivity contribution in [2.45, 2.75) is 38.6 Å². The van der Waals surface area contributed by atoms with E-state index in [0.717, 1.165) is 25.7 Å². The molecule has 2 rings (SSSR count). The van der Waals surface area contributed by atoms with Crippen molar-refractivity contribution in [1.82, 2.24) is 4.90 Å². The van der Waals surface area contributed by atoms with E-state index in [0.29, 0.717) is 11.6 Å². The zero-order valence-electron chi connectivity index (χ0n) is 10.5. The molecule has 1 aromatic rings.